The number of fused-ring (bicyclic) bond motifs is 1. The largest absolute Gasteiger partial charge is 0.356 e. The average molecular weight is 286 g/mol. The van der Waals surface area contributed by atoms with Crippen molar-refractivity contribution in [3.05, 3.63) is 30.1 Å². The molecule has 0 aliphatic carbocycles. The van der Waals surface area contributed by atoms with Crippen molar-refractivity contribution in [1.29, 1.82) is 0 Å². The Morgan fingerprint density at radius 3 is 2.89 bits per heavy atom. The molecular weight excluding hydrogens is 275 g/mol. The van der Waals surface area contributed by atoms with E-state index in [4.69, 9.17) is 12.2 Å². The molecule has 7 heteroatoms. The summed E-state index contributed by atoms with van der Waals surface area (Å²) in [6.45, 7) is 0. The monoisotopic (exact) mass is 286 g/mol. The SMILES string of the molecule is O=S1(=O)CC2NC(=S)N(c3cccc(F)c3)C2C1. The third kappa shape index (κ3) is 1.87. The Balaban J connectivity index is 1.99. The quantitative estimate of drug-likeness (QED) is 0.770. The molecule has 0 bridgehead atoms. The molecule has 1 aromatic carbocycles. The Hall–Kier alpha value is -1.21. The van der Waals surface area contributed by atoms with Crippen LogP contribution in [0.2, 0.25) is 0 Å². The van der Waals surface area contributed by atoms with Gasteiger partial charge in [0.1, 0.15) is 5.82 Å². The summed E-state index contributed by atoms with van der Waals surface area (Å²) < 4.78 is 36.5. The lowest BCUT2D eigenvalue weighted by Crippen LogP contribution is -2.36. The summed E-state index contributed by atoms with van der Waals surface area (Å²) in [5, 5.41) is 3.46. The number of halogens is 1. The Bertz CT molecular complexity index is 617. The highest BCUT2D eigenvalue weighted by Gasteiger charge is 2.47. The van der Waals surface area contributed by atoms with Crippen LogP contribution in [-0.4, -0.2) is 37.1 Å². The smallest absolute Gasteiger partial charge is 0.174 e. The van der Waals surface area contributed by atoms with Gasteiger partial charge in [0, 0.05) is 5.69 Å². The van der Waals surface area contributed by atoms with E-state index in [0.29, 0.717) is 10.8 Å². The van der Waals surface area contributed by atoms with Gasteiger partial charge in [-0.3, -0.25) is 0 Å². The van der Waals surface area contributed by atoms with E-state index in [1.807, 2.05) is 0 Å². The van der Waals surface area contributed by atoms with Crippen molar-refractivity contribution in [2.75, 3.05) is 16.4 Å². The Morgan fingerprint density at radius 2 is 2.17 bits per heavy atom. The van der Waals surface area contributed by atoms with Gasteiger partial charge >= 0.3 is 0 Å². The van der Waals surface area contributed by atoms with Gasteiger partial charge in [0.25, 0.3) is 0 Å². The molecule has 96 valence electrons. The topological polar surface area (TPSA) is 49.4 Å². The molecule has 0 spiro atoms. The van der Waals surface area contributed by atoms with Crippen LogP contribution in [0.25, 0.3) is 0 Å². The lowest BCUT2D eigenvalue weighted by atomic mass is 10.1. The van der Waals surface area contributed by atoms with E-state index < -0.39 is 9.84 Å². The maximum Gasteiger partial charge on any atom is 0.174 e. The minimum atomic E-state index is -3.04. The minimum absolute atomic E-state index is 0.0569. The van der Waals surface area contributed by atoms with Gasteiger partial charge in [0.05, 0.1) is 23.6 Å². The lowest BCUT2D eigenvalue weighted by Gasteiger charge is -2.23. The summed E-state index contributed by atoms with van der Waals surface area (Å²) in [5.41, 5.74) is 0.595. The molecule has 4 nitrogen and oxygen atoms in total. The molecule has 0 amide bonds. The van der Waals surface area contributed by atoms with Crippen LogP contribution < -0.4 is 10.2 Å². The van der Waals surface area contributed by atoms with Crippen molar-refractivity contribution in [2.45, 2.75) is 12.1 Å². The molecule has 2 aliphatic rings. The highest BCUT2D eigenvalue weighted by atomic mass is 32.2. The summed E-state index contributed by atoms with van der Waals surface area (Å²) in [7, 11) is -3.04. The number of thiocarbonyl (C=S) groups is 1. The number of hydrogen-bond donors (Lipinski definition) is 1. The third-order valence-electron chi connectivity index (χ3n) is 3.27. The standard InChI is InChI=1S/C11H11FN2O2S2/c12-7-2-1-3-8(4-7)14-10-6-18(15,16)5-9(10)13-11(14)17/h1-4,9-10H,5-6H2,(H,13,17). The third-order valence-corrected chi connectivity index (χ3v) is 5.30. The average Bonchev–Trinajstić information content (AvgIpc) is 2.68. The van der Waals surface area contributed by atoms with Crippen LogP contribution >= 0.6 is 12.2 Å². The van der Waals surface area contributed by atoms with Crippen molar-refractivity contribution in [3.63, 3.8) is 0 Å². The zero-order valence-electron chi connectivity index (χ0n) is 9.34. The molecular formula is C11H11FN2O2S2. The lowest BCUT2D eigenvalue weighted by molar-refractivity contribution is 0.600. The van der Waals surface area contributed by atoms with Crippen molar-refractivity contribution >= 4 is 32.9 Å². The Labute approximate surface area is 110 Å². The van der Waals surface area contributed by atoms with E-state index in [2.05, 4.69) is 5.32 Å². The summed E-state index contributed by atoms with van der Waals surface area (Å²) in [4.78, 5) is 1.70. The number of hydrogen-bond acceptors (Lipinski definition) is 3. The van der Waals surface area contributed by atoms with Crippen molar-refractivity contribution in [2.24, 2.45) is 0 Å². The molecule has 1 aromatic rings. The molecule has 2 unspecified atom stereocenters. The first-order valence-electron chi connectivity index (χ1n) is 5.52. The van der Waals surface area contributed by atoms with Crippen LogP contribution in [0.15, 0.2) is 24.3 Å². The van der Waals surface area contributed by atoms with E-state index in [0.717, 1.165) is 0 Å². The molecule has 2 saturated heterocycles. The van der Waals surface area contributed by atoms with Crippen molar-refractivity contribution in [1.82, 2.24) is 5.32 Å². The summed E-state index contributed by atoms with van der Waals surface area (Å²) >= 11 is 5.19. The first-order valence-corrected chi connectivity index (χ1v) is 7.75. The molecule has 0 saturated carbocycles. The van der Waals surface area contributed by atoms with Crippen LogP contribution in [-0.2, 0) is 9.84 Å². The van der Waals surface area contributed by atoms with Gasteiger partial charge in [0.15, 0.2) is 14.9 Å². The van der Waals surface area contributed by atoms with Gasteiger partial charge < -0.3 is 10.2 Å². The minimum Gasteiger partial charge on any atom is -0.356 e. The second-order valence-corrected chi connectivity index (χ2v) is 7.09. The summed E-state index contributed by atoms with van der Waals surface area (Å²) in [6.07, 6.45) is 0. The number of nitrogens with zero attached hydrogens (tertiary/aromatic N) is 1. The zero-order chi connectivity index (χ0) is 12.9. The van der Waals surface area contributed by atoms with Gasteiger partial charge in [-0.1, -0.05) is 6.07 Å². The number of sulfone groups is 1. The molecule has 1 N–H and O–H groups in total. The van der Waals surface area contributed by atoms with Crippen molar-refractivity contribution < 1.29 is 12.8 Å². The number of nitrogens with one attached hydrogen (secondary N) is 1. The highest BCUT2D eigenvalue weighted by Crippen LogP contribution is 2.29. The van der Waals surface area contributed by atoms with E-state index in [1.54, 1.807) is 17.0 Å². The molecule has 2 atom stereocenters. The van der Waals surface area contributed by atoms with Crippen LogP contribution in [0.3, 0.4) is 0 Å². The van der Waals surface area contributed by atoms with Crippen LogP contribution in [0.1, 0.15) is 0 Å². The normalized spacial score (nSPS) is 29.2. The van der Waals surface area contributed by atoms with Crippen molar-refractivity contribution in [3.8, 4) is 0 Å². The van der Waals surface area contributed by atoms with E-state index in [-0.39, 0.29) is 29.4 Å². The van der Waals surface area contributed by atoms with Gasteiger partial charge in [-0.25, -0.2) is 12.8 Å². The fraction of sp³-hybridized carbons (Fsp3) is 0.364. The number of anilines is 1. The van der Waals surface area contributed by atoms with Crippen LogP contribution in [0, 0.1) is 5.82 Å². The maximum atomic E-state index is 13.2. The Morgan fingerprint density at radius 1 is 1.39 bits per heavy atom. The summed E-state index contributed by atoms with van der Waals surface area (Å²) in [6, 6.07) is 5.60. The second kappa shape index (κ2) is 3.89. The fourth-order valence-corrected chi connectivity index (χ4v) is 4.82. The number of rotatable bonds is 1. The molecule has 3 rings (SSSR count). The van der Waals surface area contributed by atoms with Crippen LogP contribution in [0.5, 0.6) is 0 Å². The maximum absolute atomic E-state index is 13.2. The number of benzene rings is 1. The van der Waals surface area contributed by atoms with Gasteiger partial charge in [-0.15, -0.1) is 0 Å². The molecule has 2 heterocycles. The van der Waals surface area contributed by atoms with Gasteiger partial charge in [-0.2, -0.15) is 0 Å². The summed E-state index contributed by atoms with van der Waals surface area (Å²) in [5.74, 6) is -0.218. The zero-order valence-corrected chi connectivity index (χ0v) is 11.0. The highest BCUT2D eigenvalue weighted by molar-refractivity contribution is 7.91. The second-order valence-electron chi connectivity index (χ2n) is 4.55. The first kappa shape index (κ1) is 11.9. The molecule has 18 heavy (non-hydrogen) atoms. The predicted octanol–water partition coefficient (Wildman–Crippen LogP) is 0.686. The molecule has 0 aromatic heterocycles. The van der Waals surface area contributed by atoms with Gasteiger partial charge in [-0.05, 0) is 30.4 Å². The van der Waals surface area contributed by atoms with Crippen LogP contribution in [0.4, 0.5) is 10.1 Å². The predicted molar refractivity (Wildman–Crippen MR) is 70.8 cm³/mol. The fourth-order valence-electron chi connectivity index (χ4n) is 2.53. The first-order chi connectivity index (χ1) is 8.46. The Kier molecular flexibility index (Phi) is 2.56. The molecule has 2 aliphatic heterocycles. The molecule has 0 radical (unpaired) electrons. The van der Waals surface area contributed by atoms with Gasteiger partial charge in [0.2, 0.25) is 0 Å². The van der Waals surface area contributed by atoms with E-state index in [9.17, 15) is 12.8 Å². The van der Waals surface area contributed by atoms with E-state index >= 15 is 0 Å². The van der Waals surface area contributed by atoms with E-state index in [1.165, 1.54) is 12.1 Å². The molecule has 2 fully saturated rings.